The molecule has 0 aromatic heterocycles. The Labute approximate surface area is 156 Å². The number of amides is 1. The van der Waals surface area contributed by atoms with E-state index in [1.165, 1.54) is 5.56 Å². The van der Waals surface area contributed by atoms with Crippen LogP contribution in [0.15, 0.2) is 29.2 Å². The van der Waals surface area contributed by atoms with Crippen LogP contribution >= 0.6 is 24.2 Å². The molecule has 6 heteroatoms. The number of rotatable bonds is 6. The molecular formula is C18H30ClN3OS. The monoisotopic (exact) mass is 371 g/mol. The van der Waals surface area contributed by atoms with Gasteiger partial charge in [0.1, 0.15) is 0 Å². The molecule has 2 rings (SSSR count). The quantitative estimate of drug-likeness (QED) is 0.754. The smallest absolute Gasteiger partial charge is 0.230 e. The lowest BCUT2D eigenvalue weighted by Crippen LogP contribution is -2.46. The van der Waals surface area contributed by atoms with Crippen LogP contribution in [0, 0.1) is 0 Å². The van der Waals surface area contributed by atoms with Crippen LogP contribution in [0.2, 0.25) is 0 Å². The number of nitrogens with zero attached hydrogens (tertiary/aromatic N) is 1. The van der Waals surface area contributed by atoms with Crippen LogP contribution in [0.4, 0.5) is 0 Å². The molecule has 0 unspecified atom stereocenters. The van der Waals surface area contributed by atoms with Gasteiger partial charge in [-0.15, -0.1) is 24.2 Å². The molecule has 1 heterocycles. The zero-order valence-electron chi connectivity index (χ0n) is 14.9. The summed E-state index contributed by atoms with van der Waals surface area (Å²) in [6.07, 6.45) is 0. The molecule has 1 aromatic carbocycles. The Kier molecular flexibility index (Phi) is 9.13. The summed E-state index contributed by atoms with van der Waals surface area (Å²) in [6.45, 7) is 12.6. The van der Waals surface area contributed by atoms with Gasteiger partial charge in [-0.25, -0.2) is 0 Å². The molecule has 1 aliphatic heterocycles. The maximum absolute atomic E-state index is 11.9. The Morgan fingerprint density at radius 1 is 1.21 bits per heavy atom. The lowest BCUT2D eigenvalue weighted by atomic mass is 9.87. The predicted molar refractivity (Wildman–Crippen MR) is 105 cm³/mol. The molecule has 0 atom stereocenters. The third-order valence-corrected chi connectivity index (χ3v) is 5.06. The largest absolute Gasteiger partial charge is 0.354 e. The SMILES string of the molecule is CC(C)(C)c1ccc(SCC(=O)NCCN2CCNCC2)cc1.Cl. The minimum Gasteiger partial charge on any atom is -0.354 e. The van der Waals surface area contributed by atoms with Gasteiger partial charge in [-0.2, -0.15) is 0 Å². The molecule has 1 saturated heterocycles. The number of hydrogen-bond acceptors (Lipinski definition) is 4. The topological polar surface area (TPSA) is 44.4 Å². The van der Waals surface area contributed by atoms with Crippen LogP contribution in [0.3, 0.4) is 0 Å². The Hall–Kier alpha value is -0.750. The second kappa shape index (κ2) is 10.3. The molecule has 0 spiro atoms. The summed E-state index contributed by atoms with van der Waals surface area (Å²) in [5.41, 5.74) is 1.49. The average molecular weight is 372 g/mol. The highest BCUT2D eigenvalue weighted by atomic mass is 35.5. The Bertz CT molecular complexity index is 496. The zero-order chi connectivity index (χ0) is 16.7. The molecule has 0 aliphatic carbocycles. The number of hydrogen-bond donors (Lipinski definition) is 2. The van der Waals surface area contributed by atoms with E-state index in [9.17, 15) is 4.79 Å². The van der Waals surface area contributed by atoms with E-state index in [1.54, 1.807) is 11.8 Å². The van der Waals surface area contributed by atoms with Crippen molar-refractivity contribution in [2.75, 3.05) is 45.0 Å². The Balaban J connectivity index is 0.00000288. The molecule has 1 amide bonds. The van der Waals surface area contributed by atoms with E-state index >= 15 is 0 Å². The van der Waals surface area contributed by atoms with Crippen molar-refractivity contribution >= 4 is 30.1 Å². The van der Waals surface area contributed by atoms with Crippen LogP contribution in [-0.4, -0.2) is 55.8 Å². The maximum atomic E-state index is 11.9. The van der Waals surface area contributed by atoms with Crippen LogP contribution in [0.1, 0.15) is 26.3 Å². The van der Waals surface area contributed by atoms with Gasteiger partial charge < -0.3 is 10.6 Å². The normalized spacial score (nSPS) is 15.6. The number of carbonyl (C=O) groups excluding carboxylic acids is 1. The minimum absolute atomic E-state index is 0. The molecule has 136 valence electrons. The number of nitrogens with one attached hydrogen (secondary N) is 2. The van der Waals surface area contributed by atoms with Gasteiger partial charge >= 0.3 is 0 Å². The van der Waals surface area contributed by atoms with E-state index in [4.69, 9.17) is 0 Å². The van der Waals surface area contributed by atoms with Crippen molar-refractivity contribution in [3.8, 4) is 0 Å². The number of piperazine rings is 1. The molecule has 2 N–H and O–H groups in total. The first-order valence-electron chi connectivity index (χ1n) is 8.38. The third kappa shape index (κ3) is 7.43. The summed E-state index contributed by atoms with van der Waals surface area (Å²) in [5.74, 6) is 0.598. The van der Waals surface area contributed by atoms with Gasteiger partial charge in [0.25, 0.3) is 0 Å². The van der Waals surface area contributed by atoms with Crippen molar-refractivity contribution in [1.29, 1.82) is 0 Å². The van der Waals surface area contributed by atoms with Crippen molar-refractivity contribution in [2.45, 2.75) is 31.1 Å². The number of halogens is 1. The standard InChI is InChI=1S/C18H29N3OS.ClH/c1-18(2,3)15-4-6-16(7-5-15)23-14-17(22)20-10-13-21-11-8-19-9-12-21;/h4-7,19H,8-14H2,1-3H3,(H,20,22);1H. The molecule has 1 fully saturated rings. The molecule has 0 radical (unpaired) electrons. The zero-order valence-corrected chi connectivity index (χ0v) is 16.6. The fourth-order valence-electron chi connectivity index (χ4n) is 2.54. The van der Waals surface area contributed by atoms with E-state index in [0.717, 1.165) is 44.2 Å². The van der Waals surface area contributed by atoms with Gasteiger partial charge in [-0.05, 0) is 23.1 Å². The number of benzene rings is 1. The number of thioether (sulfide) groups is 1. The molecular weight excluding hydrogens is 342 g/mol. The summed E-state index contributed by atoms with van der Waals surface area (Å²) in [7, 11) is 0. The van der Waals surface area contributed by atoms with Gasteiger partial charge in [0.2, 0.25) is 5.91 Å². The highest BCUT2D eigenvalue weighted by Gasteiger charge is 2.13. The summed E-state index contributed by atoms with van der Waals surface area (Å²) >= 11 is 1.60. The van der Waals surface area contributed by atoms with Crippen LogP contribution < -0.4 is 10.6 Å². The van der Waals surface area contributed by atoms with Gasteiger partial charge in [0.15, 0.2) is 0 Å². The molecule has 24 heavy (non-hydrogen) atoms. The lowest BCUT2D eigenvalue weighted by molar-refractivity contribution is -0.118. The fourth-order valence-corrected chi connectivity index (χ4v) is 3.27. The second-order valence-corrected chi connectivity index (χ2v) is 8.05. The van der Waals surface area contributed by atoms with Crippen molar-refractivity contribution in [1.82, 2.24) is 15.5 Å². The summed E-state index contributed by atoms with van der Waals surface area (Å²) < 4.78 is 0. The van der Waals surface area contributed by atoms with E-state index in [-0.39, 0.29) is 23.7 Å². The van der Waals surface area contributed by atoms with E-state index in [1.807, 2.05) is 0 Å². The van der Waals surface area contributed by atoms with Gasteiger partial charge in [0.05, 0.1) is 5.75 Å². The van der Waals surface area contributed by atoms with E-state index in [2.05, 4.69) is 60.6 Å². The molecule has 4 nitrogen and oxygen atoms in total. The maximum Gasteiger partial charge on any atom is 0.230 e. The minimum atomic E-state index is 0. The Morgan fingerprint density at radius 3 is 2.42 bits per heavy atom. The van der Waals surface area contributed by atoms with Crippen LogP contribution in [0.25, 0.3) is 0 Å². The summed E-state index contributed by atoms with van der Waals surface area (Å²) in [6, 6.07) is 8.54. The average Bonchev–Trinajstić information content (AvgIpc) is 2.53. The van der Waals surface area contributed by atoms with E-state index < -0.39 is 0 Å². The first kappa shape index (κ1) is 21.3. The van der Waals surface area contributed by atoms with Gasteiger partial charge in [-0.3, -0.25) is 9.69 Å². The predicted octanol–water partition coefficient (Wildman–Crippen LogP) is 2.52. The fraction of sp³-hybridized carbons (Fsp3) is 0.611. The highest BCUT2D eigenvalue weighted by molar-refractivity contribution is 8.00. The van der Waals surface area contributed by atoms with Crippen LogP contribution in [0.5, 0.6) is 0 Å². The van der Waals surface area contributed by atoms with Gasteiger partial charge in [-0.1, -0.05) is 32.9 Å². The summed E-state index contributed by atoms with van der Waals surface area (Å²) in [4.78, 5) is 15.5. The first-order chi connectivity index (χ1) is 10.9. The second-order valence-electron chi connectivity index (χ2n) is 7.00. The van der Waals surface area contributed by atoms with E-state index in [0.29, 0.717) is 5.75 Å². The molecule has 1 aromatic rings. The molecule has 1 aliphatic rings. The first-order valence-corrected chi connectivity index (χ1v) is 9.37. The van der Waals surface area contributed by atoms with Crippen molar-refractivity contribution in [3.05, 3.63) is 29.8 Å². The number of carbonyl (C=O) groups is 1. The van der Waals surface area contributed by atoms with Crippen molar-refractivity contribution in [3.63, 3.8) is 0 Å². The van der Waals surface area contributed by atoms with Crippen molar-refractivity contribution in [2.24, 2.45) is 0 Å². The molecule has 0 saturated carbocycles. The highest BCUT2D eigenvalue weighted by Crippen LogP contribution is 2.25. The van der Waals surface area contributed by atoms with Crippen molar-refractivity contribution < 1.29 is 4.79 Å². The third-order valence-electron chi connectivity index (χ3n) is 4.05. The Morgan fingerprint density at radius 2 is 1.83 bits per heavy atom. The van der Waals surface area contributed by atoms with Gasteiger partial charge in [0, 0.05) is 44.2 Å². The lowest BCUT2D eigenvalue weighted by Gasteiger charge is -2.27. The summed E-state index contributed by atoms with van der Waals surface area (Å²) in [5, 5.41) is 6.35. The molecule has 0 bridgehead atoms. The van der Waals surface area contributed by atoms with Crippen LogP contribution in [-0.2, 0) is 10.2 Å².